The second kappa shape index (κ2) is 5.44. The minimum absolute atomic E-state index is 0.0319. The standard InChI is InChI=1S/C13H11BrN2O3/c1-2-9(17)6-11-10-5-8(14)3-4-12(10)15-7-13(11)16(18)19/h3-5,7H,2,6H2,1H3. The number of carbonyl (C=O) groups excluding carboxylic acids is 1. The first-order valence-corrected chi connectivity index (χ1v) is 6.55. The van der Waals surface area contributed by atoms with Crippen LogP contribution < -0.4 is 0 Å². The molecule has 2 aromatic rings. The zero-order valence-electron chi connectivity index (χ0n) is 10.2. The van der Waals surface area contributed by atoms with Gasteiger partial charge in [0.15, 0.2) is 0 Å². The molecule has 2 rings (SSSR count). The lowest BCUT2D eigenvalue weighted by Gasteiger charge is -2.06. The van der Waals surface area contributed by atoms with Crippen LogP contribution in [0.3, 0.4) is 0 Å². The molecule has 0 saturated carbocycles. The molecule has 19 heavy (non-hydrogen) atoms. The number of nitro groups is 1. The Bertz CT molecular complexity index is 670. The van der Waals surface area contributed by atoms with E-state index in [1.165, 1.54) is 6.20 Å². The summed E-state index contributed by atoms with van der Waals surface area (Å²) in [6.07, 6.45) is 1.63. The molecule has 0 N–H and O–H groups in total. The lowest BCUT2D eigenvalue weighted by molar-refractivity contribution is -0.385. The van der Waals surface area contributed by atoms with E-state index in [1.807, 2.05) is 6.07 Å². The fourth-order valence-corrected chi connectivity index (χ4v) is 2.24. The molecule has 0 spiro atoms. The first kappa shape index (κ1) is 13.6. The summed E-state index contributed by atoms with van der Waals surface area (Å²) in [6.45, 7) is 1.74. The number of fused-ring (bicyclic) bond motifs is 1. The smallest absolute Gasteiger partial charge is 0.291 e. The molecule has 0 fully saturated rings. The van der Waals surface area contributed by atoms with E-state index in [0.29, 0.717) is 22.9 Å². The van der Waals surface area contributed by atoms with Crippen LogP contribution in [0.15, 0.2) is 28.9 Å². The number of pyridine rings is 1. The van der Waals surface area contributed by atoms with Crippen molar-refractivity contribution in [3.05, 3.63) is 44.5 Å². The largest absolute Gasteiger partial charge is 0.299 e. The van der Waals surface area contributed by atoms with E-state index in [1.54, 1.807) is 19.1 Å². The molecule has 0 saturated heterocycles. The Kier molecular flexibility index (Phi) is 3.90. The van der Waals surface area contributed by atoms with Crippen molar-refractivity contribution in [1.29, 1.82) is 0 Å². The summed E-state index contributed by atoms with van der Waals surface area (Å²) in [4.78, 5) is 26.3. The van der Waals surface area contributed by atoms with Gasteiger partial charge in [0.05, 0.1) is 10.4 Å². The molecule has 1 heterocycles. The maximum atomic E-state index is 11.6. The zero-order valence-corrected chi connectivity index (χ0v) is 11.8. The lowest BCUT2D eigenvalue weighted by atomic mass is 10.0. The molecule has 0 atom stereocenters. The van der Waals surface area contributed by atoms with Crippen molar-refractivity contribution in [3.8, 4) is 0 Å². The zero-order chi connectivity index (χ0) is 14.0. The van der Waals surface area contributed by atoms with Crippen molar-refractivity contribution in [2.45, 2.75) is 19.8 Å². The molecule has 0 radical (unpaired) electrons. The summed E-state index contributed by atoms with van der Waals surface area (Å²) in [7, 11) is 0. The number of benzene rings is 1. The Morgan fingerprint density at radius 1 is 1.47 bits per heavy atom. The number of aromatic nitrogens is 1. The molecule has 0 unspecified atom stereocenters. The fourth-order valence-electron chi connectivity index (χ4n) is 1.87. The Hall–Kier alpha value is -1.82. The van der Waals surface area contributed by atoms with Gasteiger partial charge in [-0.2, -0.15) is 0 Å². The van der Waals surface area contributed by atoms with Crippen molar-refractivity contribution in [3.63, 3.8) is 0 Å². The number of carbonyl (C=O) groups is 1. The van der Waals surface area contributed by atoms with Crippen LogP contribution in [-0.4, -0.2) is 15.7 Å². The van der Waals surface area contributed by atoms with Gasteiger partial charge >= 0.3 is 0 Å². The van der Waals surface area contributed by atoms with Crippen LogP contribution in [-0.2, 0) is 11.2 Å². The van der Waals surface area contributed by atoms with E-state index in [2.05, 4.69) is 20.9 Å². The number of nitrogens with zero attached hydrogens (tertiary/aromatic N) is 2. The van der Waals surface area contributed by atoms with Crippen molar-refractivity contribution in [2.75, 3.05) is 0 Å². The van der Waals surface area contributed by atoms with Gasteiger partial charge in [-0.1, -0.05) is 22.9 Å². The van der Waals surface area contributed by atoms with Crippen LogP contribution in [0, 0.1) is 10.1 Å². The second-order valence-electron chi connectivity index (χ2n) is 4.11. The van der Waals surface area contributed by atoms with Crippen LogP contribution >= 0.6 is 15.9 Å². The number of hydrogen-bond acceptors (Lipinski definition) is 4. The van der Waals surface area contributed by atoms with E-state index in [0.717, 1.165) is 4.47 Å². The SMILES string of the molecule is CCC(=O)Cc1c([N+](=O)[O-])cnc2ccc(Br)cc12. The monoisotopic (exact) mass is 322 g/mol. The molecule has 0 bridgehead atoms. The van der Waals surface area contributed by atoms with Gasteiger partial charge in [-0.25, -0.2) is 4.98 Å². The predicted octanol–water partition coefficient (Wildman–Crippen LogP) is 3.43. The van der Waals surface area contributed by atoms with Gasteiger partial charge < -0.3 is 0 Å². The first-order valence-electron chi connectivity index (χ1n) is 5.76. The highest BCUT2D eigenvalue weighted by Crippen LogP contribution is 2.29. The van der Waals surface area contributed by atoms with Gasteiger partial charge in [-0.15, -0.1) is 0 Å². The van der Waals surface area contributed by atoms with Gasteiger partial charge in [-0.05, 0) is 18.2 Å². The number of hydrogen-bond donors (Lipinski definition) is 0. The van der Waals surface area contributed by atoms with E-state index < -0.39 is 4.92 Å². The average molecular weight is 323 g/mol. The molecule has 0 amide bonds. The van der Waals surface area contributed by atoms with Gasteiger partial charge in [0.2, 0.25) is 0 Å². The third-order valence-corrected chi connectivity index (χ3v) is 3.38. The number of halogens is 1. The molecule has 5 nitrogen and oxygen atoms in total. The van der Waals surface area contributed by atoms with Gasteiger partial charge in [0.25, 0.3) is 5.69 Å². The summed E-state index contributed by atoms with van der Waals surface area (Å²) < 4.78 is 0.799. The van der Waals surface area contributed by atoms with Crippen LogP contribution in [0.4, 0.5) is 5.69 Å². The topological polar surface area (TPSA) is 73.1 Å². The van der Waals surface area contributed by atoms with E-state index in [-0.39, 0.29) is 17.9 Å². The Balaban J connectivity index is 2.71. The molecule has 1 aromatic carbocycles. The fraction of sp³-hybridized carbons (Fsp3) is 0.231. The summed E-state index contributed by atoms with van der Waals surface area (Å²) in [5, 5.41) is 11.7. The van der Waals surface area contributed by atoms with E-state index in [4.69, 9.17) is 0 Å². The number of ketones is 1. The van der Waals surface area contributed by atoms with Crippen LogP contribution in [0.1, 0.15) is 18.9 Å². The Labute approximate surface area is 117 Å². The number of rotatable bonds is 4. The average Bonchev–Trinajstić information content (AvgIpc) is 2.38. The third-order valence-electron chi connectivity index (χ3n) is 2.88. The molecule has 0 aliphatic rings. The summed E-state index contributed by atoms with van der Waals surface area (Å²) in [5.41, 5.74) is 0.975. The molecule has 0 aliphatic carbocycles. The van der Waals surface area contributed by atoms with Crippen molar-refractivity contribution >= 4 is 38.3 Å². The molecule has 98 valence electrons. The van der Waals surface area contributed by atoms with E-state index in [9.17, 15) is 14.9 Å². The second-order valence-corrected chi connectivity index (χ2v) is 5.03. The summed E-state index contributed by atoms with van der Waals surface area (Å²) in [6, 6.07) is 5.34. The molecule has 0 aliphatic heterocycles. The highest BCUT2D eigenvalue weighted by Gasteiger charge is 2.20. The first-order chi connectivity index (χ1) is 9.02. The van der Waals surface area contributed by atoms with Crippen molar-refractivity contribution in [1.82, 2.24) is 4.98 Å². The predicted molar refractivity (Wildman–Crippen MR) is 75.1 cm³/mol. The lowest BCUT2D eigenvalue weighted by Crippen LogP contribution is -2.05. The molecular formula is C13H11BrN2O3. The molecule has 6 heteroatoms. The number of Topliss-reactive ketones (excluding diaryl/α,β-unsaturated/α-hetero) is 1. The highest BCUT2D eigenvalue weighted by atomic mass is 79.9. The molecule has 1 aromatic heterocycles. The van der Waals surface area contributed by atoms with Crippen molar-refractivity contribution in [2.24, 2.45) is 0 Å². The Morgan fingerprint density at radius 3 is 2.84 bits per heavy atom. The van der Waals surface area contributed by atoms with Gasteiger partial charge in [0, 0.05) is 28.3 Å². The summed E-state index contributed by atoms with van der Waals surface area (Å²) >= 11 is 3.33. The maximum absolute atomic E-state index is 11.6. The van der Waals surface area contributed by atoms with Gasteiger partial charge in [0.1, 0.15) is 12.0 Å². The van der Waals surface area contributed by atoms with Gasteiger partial charge in [-0.3, -0.25) is 14.9 Å². The van der Waals surface area contributed by atoms with Crippen LogP contribution in [0.25, 0.3) is 10.9 Å². The summed E-state index contributed by atoms with van der Waals surface area (Å²) in [5.74, 6) is -0.0319. The Morgan fingerprint density at radius 2 is 2.21 bits per heavy atom. The van der Waals surface area contributed by atoms with E-state index >= 15 is 0 Å². The maximum Gasteiger partial charge on any atom is 0.291 e. The normalized spacial score (nSPS) is 10.6. The van der Waals surface area contributed by atoms with Crippen molar-refractivity contribution < 1.29 is 9.72 Å². The quantitative estimate of drug-likeness (QED) is 0.638. The third kappa shape index (κ3) is 2.78. The van der Waals surface area contributed by atoms with Crippen LogP contribution in [0.5, 0.6) is 0 Å². The minimum atomic E-state index is -0.494. The highest BCUT2D eigenvalue weighted by molar-refractivity contribution is 9.10. The minimum Gasteiger partial charge on any atom is -0.299 e. The molecular weight excluding hydrogens is 312 g/mol. The van der Waals surface area contributed by atoms with Crippen LogP contribution in [0.2, 0.25) is 0 Å².